The number of pyridine rings is 1. The standard InChI is InChI=1S/C33H41N7O2/c1-19(2)38-18-35-28-15-27(37-31(30(28)38)36-21-4-5-21)20-3-6-26-29(11-20)40(32(41)33(26)7-9-34-10-8-33)23-12-22(13-23)39-24-14-25(39)17-42-16-24/h3,6,11,15,18-19,21-25,34H,4-5,7-10,12-14,16-17H2,1-2H3,(H,36,37). The predicted octanol–water partition coefficient (Wildman–Crippen LogP) is 4.23. The van der Waals surface area contributed by atoms with Crippen LogP contribution in [0.2, 0.25) is 0 Å². The molecule has 2 unspecified atom stereocenters. The zero-order chi connectivity index (χ0) is 28.2. The maximum Gasteiger partial charge on any atom is 0.238 e. The van der Waals surface area contributed by atoms with Crippen LogP contribution in [0.15, 0.2) is 30.6 Å². The molecule has 9 heteroatoms. The summed E-state index contributed by atoms with van der Waals surface area (Å²) in [7, 11) is 0. The zero-order valence-corrected chi connectivity index (χ0v) is 24.7. The summed E-state index contributed by atoms with van der Waals surface area (Å²) in [6.45, 7) is 7.88. The number of carbonyl (C=O) groups is 1. The summed E-state index contributed by atoms with van der Waals surface area (Å²) in [5.41, 5.74) is 5.94. The number of hydrogen-bond donors (Lipinski definition) is 2. The molecule has 1 spiro atoms. The van der Waals surface area contributed by atoms with Gasteiger partial charge in [0, 0.05) is 47.5 Å². The van der Waals surface area contributed by atoms with Crippen molar-refractivity contribution in [2.24, 2.45) is 0 Å². The number of ether oxygens (including phenoxy) is 1. The smallest absolute Gasteiger partial charge is 0.238 e. The Labute approximate surface area is 247 Å². The van der Waals surface area contributed by atoms with E-state index in [9.17, 15) is 4.79 Å². The first kappa shape index (κ1) is 25.5. The number of piperidine rings is 1. The first-order chi connectivity index (χ1) is 20.5. The lowest BCUT2D eigenvalue weighted by molar-refractivity contribution is -0.161. The highest BCUT2D eigenvalue weighted by Crippen LogP contribution is 2.52. The van der Waals surface area contributed by atoms with Gasteiger partial charge < -0.3 is 24.8 Å². The third kappa shape index (κ3) is 3.69. The predicted molar refractivity (Wildman–Crippen MR) is 163 cm³/mol. The number of morpholine rings is 1. The first-order valence-electron chi connectivity index (χ1n) is 16.2. The number of hydrogen-bond acceptors (Lipinski definition) is 7. The molecular formula is C33H41N7O2. The maximum atomic E-state index is 14.4. The second-order valence-corrected chi connectivity index (χ2v) is 13.9. The van der Waals surface area contributed by atoms with Crippen LogP contribution in [0.5, 0.6) is 0 Å². The Bertz CT molecular complexity index is 1550. The molecule has 2 N–H and O–H groups in total. The van der Waals surface area contributed by atoms with Gasteiger partial charge >= 0.3 is 0 Å². The molecular weight excluding hydrogens is 526 g/mol. The average Bonchev–Trinajstić information content (AvgIpc) is 3.64. The highest BCUT2D eigenvalue weighted by Gasteiger charge is 2.57. The zero-order valence-electron chi connectivity index (χ0n) is 24.7. The molecule has 2 bridgehead atoms. The van der Waals surface area contributed by atoms with Gasteiger partial charge in [0.15, 0.2) is 5.82 Å². The third-order valence-corrected chi connectivity index (χ3v) is 11.1. The van der Waals surface area contributed by atoms with Crippen molar-refractivity contribution in [1.29, 1.82) is 0 Å². The molecule has 6 heterocycles. The molecule has 6 aliphatic rings. The molecule has 9 nitrogen and oxygen atoms in total. The molecule has 4 aliphatic heterocycles. The van der Waals surface area contributed by atoms with Crippen LogP contribution in [0.25, 0.3) is 22.3 Å². The van der Waals surface area contributed by atoms with Gasteiger partial charge in [0.1, 0.15) is 5.52 Å². The van der Waals surface area contributed by atoms with Gasteiger partial charge in [0.25, 0.3) is 0 Å². The van der Waals surface area contributed by atoms with Crippen LogP contribution in [0.1, 0.15) is 70.4 Å². The monoisotopic (exact) mass is 567 g/mol. The summed E-state index contributed by atoms with van der Waals surface area (Å²) in [6.07, 6.45) is 9.43. The number of amides is 1. The molecule has 2 aliphatic carbocycles. The molecule has 3 aromatic rings. The number of imidazole rings is 1. The molecule has 2 aromatic heterocycles. The van der Waals surface area contributed by atoms with Gasteiger partial charge in [-0.15, -0.1) is 0 Å². The van der Waals surface area contributed by atoms with E-state index in [-0.39, 0.29) is 6.04 Å². The number of carbonyl (C=O) groups excluding carboxylic acids is 1. The van der Waals surface area contributed by atoms with Crippen LogP contribution in [0, 0.1) is 0 Å². The van der Waals surface area contributed by atoms with Crippen LogP contribution < -0.4 is 15.5 Å². The van der Waals surface area contributed by atoms with E-state index in [4.69, 9.17) is 14.7 Å². The molecule has 2 saturated carbocycles. The summed E-state index contributed by atoms with van der Waals surface area (Å²) in [6, 6.07) is 11.6. The summed E-state index contributed by atoms with van der Waals surface area (Å²) < 4.78 is 7.96. The lowest BCUT2D eigenvalue weighted by Crippen LogP contribution is -2.70. The fourth-order valence-electron chi connectivity index (χ4n) is 8.55. The number of aromatic nitrogens is 3. The van der Waals surface area contributed by atoms with E-state index < -0.39 is 5.41 Å². The molecule has 5 fully saturated rings. The van der Waals surface area contributed by atoms with Crippen molar-refractivity contribution in [3.05, 3.63) is 36.2 Å². The topological polar surface area (TPSA) is 87.6 Å². The molecule has 9 rings (SSSR count). The second-order valence-electron chi connectivity index (χ2n) is 13.9. The van der Waals surface area contributed by atoms with Gasteiger partial charge in [-0.05, 0) is 89.6 Å². The highest BCUT2D eigenvalue weighted by atomic mass is 16.5. The van der Waals surface area contributed by atoms with Crippen molar-refractivity contribution in [2.75, 3.05) is 36.5 Å². The summed E-state index contributed by atoms with van der Waals surface area (Å²) >= 11 is 0. The lowest BCUT2D eigenvalue weighted by Gasteiger charge is -2.60. The molecule has 1 aromatic carbocycles. The quantitative estimate of drug-likeness (QED) is 0.461. The van der Waals surface area contributed by atoms with Crippen LogP contribution in [0.3, 0.4) is 0 Å². The fraction of sp³-hybridized carbons (Fsp3) is 0.606. The molecule has 42 heavy (non-hydrogen) atoms. The van der Waals surface area contributed by atoms with Crippen LogP contribution in [-0.2, 0) is 14.9 Å². The summed E-state index contributed by atoms with van der Waals surface area (Å²) in [4.78, 5) is 29.3. The van der Waals surface area contributed by atoms with E-state index in [1.165, 1.54) is 24.8 Å². The van der Waals surface area contributed by atoms with Gasteiger partial charge in [0.05, 0.1) is 36.2 Å². The molecule has 0 radical (unpaired) electrons. The van der Waals surface area contributed by atoms with Gasteiger partial charge in [0.2, 0.25) is 5.91 Å². The van der Waals surface area contributed by atoms with E-state index in [1.807, 2.05) is 6.33 Å². The van der Waals surface area contributed by atoms with E-state index >= 15 is 0 Å². The normalized spacial score (nSPS) is 30.1. The maximum absolute atomic E-state index is 14.4. The van der Waals surface area contributed by atoms with Crippen molar-refractivity contribution in [3.8, 4) is 11.3 Å². The van der Waals surface area contributed by atoms with E-state index in [1.54, 1.807) is 0 Å². The minimum absolute atomic E-state index is 0.261. The van der Waals surface area contributed by atoms with Gasteiger partial charge in [-0.1, -0.05) is 12.1 Å². The van der Waals surface area contributed by atoms with Crippen molar-refractivity contribution >= 4 is 28.4 Å². The highest BCUT2D eigenvalue weighted by molar-refractivity contribution is 6.09. The Kier molecular flexibility index (Phi) is 5.61. The Morgan fingerprint density at radius 3 is 2.50 bits per heavy atom. The number of rotatable bonds is 6. The number of nitrogens with zero attached hydrogens (tertiary/aromatic N) is 5. The van der Waals surface area contributed by atoms with Gasteiger partial charge in [-0.3, -0.25) is 9.69 Å². The molecule has 2 atom stereocenters. The average molecular weight is 568 g/mol. The lowest BCUT2D eigenvalue weighted by atomic mass is 9.73. The number of anilines is 2. The summed E-state index contributed by atoms with van der Waals surface area (Å²) in [5.74, 6) is 1.24. The second kappa shape index (κ2) is 9.24. The minimum atomic E-state index is -0.405. The SMILES string of the molecule is CC(C)n1cnc2cc(-c3ccc4c(c3)N(C3CC(N5C6COCC5C6)C3)C(=O)C43CCNCC3)nc(NC3CC3)c21. The Balaban J connectivity index is 1.09. The summed E-state index contributed by atoms with van der Waals surface area (Å²) in [5, 5.41) is 7.18. The minimum Gasteiger partial charge on any atom is -0.378 e. The van der Waals surface area contributed by atoms with Crippen LogP contribution in [-0.4, -0.2) is 81.9 Å². The van der Waals surface area contributed by atoms with Crippen molar-refractivity contribution < 1.29 is 9.53 Å². The Hall–Kier alpha value is -3.01. The van der Waals surface area contributed by atoms with Crippen LogP contribution in [0.4, 0.5) is 11.5 Å². The van der Waals surface area contributed by atoms with E-state index in [0.29, 0.717) is 36.1 Å². The molecule has 220 valence electrons. The van der Waals surface area contributed by atoms with Crippen molar-refractivity contribution in [1.82, 2.24) is 24.8 Å². The van der Waals surface area contributed by atoms with Crippen LogP contribution >= 0.6 is 0 Å². The van der Waals surface area contributed by atoms with Gasteiger partial charge in [-0.2, -0.15) is 0 Å². The van der Waals surface area contributed by atoms with Gasteiger partial charge in [-0.25, -0.2) is 9.97 Å². The van der Waals surface area contributed by atoms with E-state index in [2.05, 4.69) is 63.1 Å². The fourth-order valence-corrected chi connectivity index (χ4v) is 8.55. The number of benzene rings is 1. The van der Waals surface area contributed by atoms with Crippen molar-refractivity contribution in [2.45, 2.75) is 100 Å². The Morgan fingerprint density at radius 2 is 1.79 bits per heavy atom. The first-order valence-corrected chi connectivity index (χ1v) is 16.2. The molecule has 1 amide bonds. The molecule has 3 saturated heterocycles. The van der Waals surface area contributed by atoms with E-state index in [0.717, 1.165) is 85.8 Å². The largest absolute Gasteiger partial charge is 0.378 e. The third-order valence-electron chi connectivity index (χ3n) is 11.1. The van der Waals surface area contributed by atoms with Crippen molar-refractivity contribution in [3.63, 3.8) is 0 Å². The number of fused-ring (bicyclic) bond motifs is 5. The Morgan fingerprint density at radius 1 is 1.02 bits per heavy atom. The number of nitrogens with one attached hydrogen (secondary N) is 2.